The number of hydrogen-bond donors (Lipinski definition) is 0. The zero-order valence-electron chi connectivity index (χ0n) is 14.6. The standard InChI is InChI=1S/C19H15F2NOS.CO2/c1-11-5-3-6-13(9-11)18-12(2)22-19(24-18)17(23)10-14-15(20)7-4-8-16(14)21;2-1-3/h3-9H,10H2,1-2H3;. The van der Waals surface area contributed by atoms with Crippen LogP contribution in [0.15, 0.2) is 42.5 Å². The average molecular weight is 387 g/mol. The topological polar surface area (TPSA) is 64.1 Å². The highest BCUT2D eigenvalue weighted by Gasteiger charge is 2.19. The fraction of sp³-hybridized carbons (Fsp3) is 0.150. The number of carbonyl (C=O) groups excluding carboxylic acids is 3. The number of aromatic nitrogens is 1. The third-order valence-electron chi connectivity index (χ3n) is 3.71. The van der Waals surface area contributed by atoms with Gasteiger partial charge in [0.05, 0.1) is 10.6 Å². The Morgan fingerprint density at radius 3 is 2.26 bits per heavy atom. The molecule has 3 rings (SSSR count). The molecule has 0 N–H and O–H groups in total. The van der Waals surface area contributed by atoms with Crippen molar-refractivity contribution < 1.29 is 23.2 Å². The highest BCUT2D eigenvalue weighted by molar-refractivity contribution is 7.17. The summed E-state index contributed by atoms with van der Waals surface area (Å²) >= 11 is 1.25. The van der Waals surface area contributed by atoms with E-state index in [1.165, 1.54) is 17.4 Å². The van der Waals surface area contributed by atoms with Crippen LogP contribution >= 0.6 is 11.3 Å². The highest BCUT2D eigenvalue weighted by Crippen LogP contribution is 2.31. The average Bonchev–Trinajstić information content (AvgIpc) is 3.01. The molecule has 2 aromatic carbocycles. The van der Waals surface area contributed by atoms with Crippen LogP contribution in [0.4, 0.5) is 8.78 Å². The minimum absolute atomic E-state index is 0.215. The van der Waals surface area contributed by atoms with Crippen molar-refractivity contribution in [3.63, 3.8) is 0 Å². The van der Waals surface area contributed by atoms with Crippen molar-refractivity contribution in [1.82, 2.24) is 4.98 Å². The van der Waals surface area contributed by atoms with Gasteiger partial charge in [0.2, 0.25) is 0 Å². The van der Waals surface area contributed by atoms with Crippen LogP contribution in [0.25, 0.3) is 10.4 Å². The molecule has 0 radical (unpaired) electrons. The van der Waals surface area contributed by atoms with Crippen LogP contribution in [0, 0.1) is 25.5 Å². The van der Waals surface area contributed by atoms with Crippen molar-refractivity contribution in [3.05, 3.63) is 75.9 Å². The minimum Gasteiger partial charge on any atom is -0.291 e. The van der Waals surface area contributed by atoms with Crippen molar-refractivity contribution in [2.75, 3.05) is 0 Å². The third kappa shape index (κ3) is 5.00. The molecular formula is C20H15F2NO3S. The molecule has 1 heterocycles. The first-order valence-corrected chi connectivity index (χ1v) is 8.68. The van der Waals surface area contributed by atoms with Gasteiger partial charge in [0.25, 0.3) is 0 Å². The predicted octanol–water partition coefficient (Wildman–Crippen LogP) is 4.55. The molecule has 0 saturated heterocycles. The summed E-state index contributed by atoms with van der Waals surface area (Å²) in [5.41, 5.74) is 2.62. The Labute approximate surface area is 158 Å². The Balaban J connectivity index is 0.000000817. The maximum atomic E-state index is 13.7. The zero-order valence-corrected chi connectivity index (χ0v) is 15.4. The summed E-state index contributed by atoms with van der Waals surface area (Å²) in [7, 11) is 0. The summed E-state index contributed by atoms with van der Waals surface area (Å²) in [6, 6.07) is 11.5. The van der Waals surface area contributed by atoms with Crippen molar-refractivity contribution in [1.29, 1.82) is 0 Å². The van der Waals surface area contributed by atoms with Gasteiger partial charge in [0.15, 0.2) is 10.8 Å². The van der Waals surface area contributed by atoms with Crippen LogP contribution < -0.4 is 0 Å². The van der Waals surface area contributed by atoms with Gasteiger partial charge in [-0.1, -0.05) is 35.9 Å². The number of aryl methyl sites for hydroxylation is 2. The third-order valence-corrected chi connectivity index (χ3v) is 4.96. The van der Waals surface area contributed by atoms with E-state index in [1.807, 2.05) is 38.1 Å². The van der Waals surface area contributed by atoms with Crippen LogP contribution in [0.3, 0.4) is 0 Å². The van der Waals surface area contributed by atoms with Crippen molar-refractivity contribution in [2.24, 2.45) is 0 Å². The predicted molar refractivity (Wildman–Crippen MR) is 96.4 cm³/mol. The maximum absolute atomic E-state index is 13.7. The quantitative estimate of drug-likeness (QED) is 0.616. The van der Waals surface area contributed by atoms with Crippen LogP contribution in [0.2, 0.25) is 0 Å². The molecule has 0 bridgehead atoms. The molecule has 0 unspecified atom stereocenters. The Kier molecular flexibility index (Phi) is 6.82. The molecule has 0 aliphatic heterocycles. The molecule has 0 amide bonds. The number of Topliss-reactive ketones (excluding diaryl/α,β-unsaturated/α-hetero) is 1. The molecule has 0 fully saturated rings. The molecule has 3 aromatic rings. The van der Waals surface area contributed by atoms with E-state index in [0.29, 0.717) is 0 Å². The van der Waals surface area contributed by atoms with E-state index < -0.39 is 11.6 Å². The van der Waals surface area contributed by atoms with Gasteiger partial charge in [-0.25, -0.2) is 13.8 Å². The van der Waals surface area contributed by atoms with Crippen LogP contribution in [0.1, 0.15) is 26.6 Å². The number of rotatable bonds is 4. The van der Waals surface area contributed by atoms with Crippen molar-refractivity contribution in [3.8, 4) is 10.4 Å². The zero-order chi connectivity index (χ0) is 20.0. The fourth-order valence-electron chi connectivity index (χ4n) is 2.51. The Morgan fingerprint density at radius 2 is 1.67 bits per heavy atom. The SMILES string of the molecule is Cc1cccc(-c2sc(C(=O)Cc3c(F)cccc3F)nc2C)c1.O=C=O. The first kappa shape index (κ1) is 20.3. The molecule has 4 nitrogen and oxygen atoms in total. The van der Waals surface area contributed by atoms with Gasteiger partial charge >= 0.3 is 6.15 Å². The summed E-state index contributed by atoms with van der Waals surface area (Å²) in [5.74, 6) is -1.81. The molecule has 27 heavy (non-hydrogen) atoms. The Morgan fingerprint density at radius 1 is 1.07 bits per heavy atom. The van der Waals surface area contributed by atoms with E-state index in [0.717, 1.165) is 33.8 Å². The largest absolute Gasteiger partial charge is 0.373 e. The monoisotopic (exact) mass is 387 g/mol. The first-order chi connectivity index (χ1) is 12.9. The summed E-state index contributed by atoms with van der Waals surface area (Å²) in [6.45, 7) is 3.82. The second kappa shape index (κ2) is 9.07. The first-order valence-electron chi connectivity index (χ1n) is 7.87. The van der Waals surface area contributed by atoms with E-state index in [-0.39, 0.29) is 28.9 Å². The number of carbonyl (C=O) groups is 1. The normalized spacial score (nSPS) is 9.93. The van der Waals surface area contributed by atoms with E-state index >= 15 is 0 Å². The summed E-state index contributed by atoms with van der Waals surface area (Å²) in [6.07, 6.45) is -0.0846. The van der Waals surface area contributed by atoms with Crippen LogP contribution in [-0.4, -0.2) is 16.9 Å². The second-order valence-electron chi connectivity index (χ2n) is 5.69. The summed E-state index contributed by atoms with van der Waals surface area (Å²) in [5, 5.41) is 0.270. The van der Waals surface area contributed by atoms with Gasteiger partial charge in [-0.05, 0) is 31.5 Å². The van der Waals surface area contributed by atoms with Gasteiger partial charge in [0.1, 0.15) is 11.6 Å². The van der Waals surface area contributed by atoms with E-state index in [4.69, 9.17) is 9.59 Å². The lowest BCUT2D eigenvalue weighted by atomic mass is 10.1. The van der Waals surface area contributed by atoms with Crippen LogP contribution in [-0.2, 0) is 16.0 Å². The van der Waals surface area contributed by atoms with E-state index in [2.05, 4.69) is 4.98 Å². The van der Waals surface area contributed by atoms with Crippen molar-refractivity contribution in [2.45, 2.75) is 20.3 Å². The van der Waals surface area contributed by atoms with Gasteiger partial charge in [-0.15, -0.1) is 11.3 Å². The fourth-order valence-corrected chi connectivity index (χ4v) is 3.51. The van der Waals surface area contributed by atoms with Crippen LogP contribution in [0.5, 0.6) is 0 Å². The molecule has 0 saturated carbocycles. The Bertz CT molecular complexity index is 988. The smallest absolute Gasteiger partial charge is 0.291 e. The lowest BCUT2D eigenvalue weighted by Crippen LogP contribution is -2.07. The molecule has 0 aliphatic carbocycles. The second-order valence-corrected chi connectivity index (χ2v) is 6.69. The molecule has 7 heteroatoms. The number of ketones is 1. The molecule has 0 aliphatic rings. The highest BCUT2D eigenvalue weighted by atomic mass is 32.1. The minimum atomic E-state index is -0.712. The van der Waals surface area contributed by atoms with Crippen molar-refractivity contribution >= 4 is 23.3 Å². The number of benzene rings is 2. The Hall–Kier alpha value is -3.02. The number of halogens is 2. The number of nitrogens with zero attached hydrogens (tertiary/aromatic N) is 1. The van der Waals surface area contributed by atoms with Gasteiger partial charge in [-0.2, -0.15) is 9.59 Å². The maximum Gasteiger partial charge on any atom is 0.373 e. The molecule has 0 atom stereocenters. The molecule has 0 spiro atoms. The molecular weight excluding hydrogens is 372 g/mol. The lowest BCUT2D eigenvalue weighted by Gasteiger charge is -2.02. The van der Waals surface area contributed by atoms with Gasteiger partial charge in [-0.3, -0.25) is 4.79 Å². The van der Waals surface area contributed by atoms with E-state index in [1.54, 1.807) is 0 Å². The summed E-state index contributed by atoms with van der Waals surface area (Å²) in [4.78, 5) is 33.8. The molecule has 138 valence electrons. The van der Waals surface area contributed by atoms with Gasteiger partial charge in [0, 0.05) is 12.0 Å². The number of thiazole rings is 1. The van der Waals surface area contributed by atoms with E-state index in [9.17, 15) is 13.6 Å². The molecule has 1 aromatic heterocycles. The lowest BCUT2D eigenvalue weighted by molar-refractivity contribution is -0.191. The van der Waals surface area contributed by atoms with Gasteiger partial charge < -0.3 is 0 Å². The number of hydrogen-bond acceptors (Lipinski definition) is 5. The summed E-state index contributed by atoms with van der Waals surface area (Å²) < 4.78 is 27.4.